The minimum absolute atomic E-state index is 0.424. The first-order valence-corrected chi connectivity index (χ1v) is 3.12. The van der Waals surface area contributed by atoms with Gasteiger partial charge in [-0.2, -0.15) is 4.39 Å². The molecule has 0 bridgehead atoms. The second kappa shape index (κ2) is 3.57. The third-order valence-electron chi connectivity index (χ3n) is 1.12. The molecule has 1 heterocycles. The fraction of sp³-hybridized carbons (Fsp3) is 0.125. The van der Waals surface area contributed by atoms with Gasteiger partial charge in [0.15, 0.2) is 0 Å². The summed E-state index contributed by atoms with van der Waals surface area (Å²) in [6.07, 6.45) is 6.39. The van der Waals surface area contributed by atoms with Crippen molar-refractivity contribution in [3.8, 4) is 12.3 Å². The lowest BCUT2D eigenvalue weighted by atomic mass is 10.4. The molecule has 11 heavy (non-hydrogen) atoms. The Labute approximate surface area is 64.5 Å². The van der Waals surface area contributed by atoms with E-state index < -0.39 is 5.95 Å². The van der Waals surface area contributed by atoms with Gasteiger partial charge in [-0.3, -0.25) is 0 Å². The second-order valence-corrected chi connectivity index (χ2v) is 1.93. The SMILES string of the molecule is C#CCNc1ccc(F)nc1. The molecule has 0 saturated carbocycles. The van der Waals surface area contributed by atoms with Crippen molar-refractivity contribution in [1.82, 2.24) is 4.98 Å². The van der Waals surface area contributed by atoms with Gasteiger partial charge in [0.05, 0.1) is 18.4 Å². The molecule has 1 aromatic heterocycles. The molecule has 0 aliphatic heterocycles. The highest BCUT2D eigenvalue weighted by Gasteiger charge is 1.90. The normalized spacial score (nSPS) is 8.73. The zero-order valence-electron chi connectivity index (χ0n) is 5.84. The third-order valence-corrected chi connectivity index (χ3v) is 1.12. The van der Waals surface area contributed by atoms with Gasteiger partial charge in [0.2, 0.25) is 5.95 Å². The van der Waals surface area contributed by atoms with Crippen molar-refractivity contribution < 1.29 is 4.39 Å². The minimum Gasteiger partial charge on any atom is -0.373 e. The molecule has 3 heteroatoms. The average molecular weight is 150 g/mol. The van der Waals surface area contributed by atoms with E-state index in [4.69, 9.17) is 6.42 Å². The summed E-state index contributed by atoms with van der Waals surface area (Å²) in [7, 11) is 0. The number of rotatable bonds is 2. The maximum Gasteiger partial charge on any atom is 0.212 e. The highest BCUT2D eigenvalue weighted by molar-refractivity contribution is 5.40. The number of halogens is 1. The highest BCUT2D eigenvalue weighted by atomic mass is 19.1. The lowest BCUT2D eigenvalue weighted by Crippen LogP contribution is -1.98. The topological polar surface area (TPSA) is 24.9 Å². The van der Waals surface area contributed by atoms with Gasteiger partial charge in [-0.25, -0.2) is 4.98 Å². The van der Waals surface area contributed by atoms with E-state index in [1.807, 2.05) is 0 Å². The maximum atomic E-state index is 12.2. The van der Waals surface area contributed by atoms with Crippen LogP contribution in [0.5, 0.6) is 0 Å². The van der Waals surface area contributed by atoms with Gasteiger partial charge in [0.25, 0.3) is 0 Å². The van der Waals surface area contributed by atoms with E-state index in [9.17, 15) is 4.39 Å². The van der Waals surface area contributed by atoms with Gasteiger partial charge in [0.1, 0.15) is 0 Å². The van der Waals surface area contributed by atoms with E-state index >= 15 is 0 Å². The number of terminal acetylenes is 1. The van der Waals surface area contributed by atoms with Crippen LogP contribution in [0.1, 0.15) is 0 Å². The maximum absolute atomic E-state index is 12.2. The molecule has 2 nitrogen and oxygen atoms in total. The molecule has 1 N–H and O–H groups in total. The molecule has 0 aliphatic carbocycles. The Morgan fingerprint density at radius 2 is 2.45 bits per heavy atom. The van der Waals surface area contributed by atoms with Crippen molar-refractivity contribution in [2.24, 2.45) is 0 Å². The summed E-state index contributed by atoms with van der Waals surface area (Å²) in [6, 6.07) is 2.86. The van der Waals surface area contributed by atoms with Crippen LogP contribution in [-0.2, 0) is 0 Å². The first kappa shape index (κ1) is 7.55. The lowest BCUT2D eigenvalue weighted by Gasteiger charge is -1.99. The molecule has 0 radical (unpaired) electrons. The van der Waals surface area contributed by atoms with Crippen LogP contribution in [-0.4, -0.2) is 11.5 Å². The van der Waals surface area contributed by atoms with E-state index in [1.165, 1.54) is 12.3 Å². The molecule has 1 aromatic rings. The average Bonchev–Trinajstić information content (AvgIpc) is 2.04. The van der Waals surface area contributed by atoms with Crippen LogP contribution in [0.2, 0.25) is 0 Å². The van der Waals surface area contributed by atoms with Crippen molar-refractivity contribution in [1.29, 1.82) is 0 Å². The van der Waals surface area contributed by atoms with Crippen molar-refractivity contribution in [2.45, 2.75) is 0 Å². The quantitative estimate of drug-likeness (QED) is 0.507. The standard InChI is InChI=1S/C8H7FN2/c1-2-5-10-7-3-4-8(9)11-6-7/h1,3-4,6,10H,5H2. The van der Waals surface area contributed by atoms with Crippen LogP contribution < -0.4 is 5.32 Å². The predicted molar refractivity (Wildman–Crippen MR) is 41.5 cm³/mol. The summed E-state index contributed by atoms with van der Waals surface area (Å²) < 4.78 is 12.2. The van der Waals surface area contributed by atoms with Crippen molar-refractivity contribution in [2.75, 3.05) is 11.9 Å². The van der Waals surface area contributed by atoms with E-state index in [0.717, 1.165) is 5.69 Å². The number of hydrogen-bond donors (Lipinski definition) is 1. The Balaban J connectivity index is 2.60. The summed E-state index contributed by atoms with van der Waals surface area (Å²) in [5, 5.41) is 2.86. The van der Waals surface area contributed by atoms with Crippen LogP contribution in [0.3, 0.4) is 0 Å². The van der Waals surface area contributed by atoms with Gasteiger partial charge < -0.3 is 5.32 Å². The molecular weight excluding hydrogens is 143 g/mol. The second-order valence-electron chi connectivity index (χ2n) is 1.93. The molecule has 1 rings (SSSR count). The Bertz CT molecular complexity index is 260. The van der Waals surface area contributed by atoms with Crippen molar-refractivity contribution >= 4 is 5.69 Å². The summed E-state index contributed by atoms with van der Waals surface area (Å²) in [5.41, 5.74) is 0.726. The predicted octanol–water partition coefficient (Wildman–Crippen LogP) is 1.27. The highest BCUT2D eigenvalue weighted by Crippen LogP contribution is 2.03. The van der Waals surface area contributed by atoms with E-state index in [-0.39, 0.29) is 0 Å². The molecule has 0 atom stereocenters. The summed E-state index contributed by atoms with van der Waals surface area (Å²) in [4.78, 5) is 3.43. The summed E-state index contributed by atoms with van der Waals surface area (Å²) >= 11 is 0. The van der Waals surface area contributed by atoms with Gasteiger partial charge in [-0.15, -0.1) is 6.42 Å². The van der Waals surface area contributed by atoms with Gasteiger partial charge in [-0.05, 0) is 12.1 Å². The Hall–Kier alpha value is -1.56. The fourth-order valence-corrected chi connectivity index (χ4v) is 0.633. The molecule has 0 spiro atoms. The van der Waals surface area contributed by atoms with Crippen LogP contribution >= 0.6 is 0 Å². The Morgan fingerprint density at radius 1 is 1.64 bits per heavy atom. The molecule has 0 saturated heterocycles. The zero-order valence-corrected chi connectivity index (χ0v) is 5.84. The van der Waals surface area contributed by atoms with Crippen molar-refractivity contribution in [3.05, 3.63) is 24.3 Å². The Morgan fingerprint density at radius 3 is 3.00 bits per heavy atom. The minimum atomic E-state index is -0.490. The van der Waals surface area contributed by atoms with Crippen molar-refractivity contribution in [3.63, 3.8) is 0 Å². The number of pyridine rings is 1. The molecule has 0 amide bonds. The van der Waals surface area contributed by atoms with E-state index in [0.29, 0.717) is 6.54 Å². The van der Waals surface area contributed by atoms with Gasteiger partial charge >= 0.3 is 0 Å². The van der Waals surface area contributed by atoms with E-state index in [1.54, 1.807) is 6.07 Å². The number of anilines is 1. The molecule has 0 fully saturated rings. The lowest BCUT2D eigenvalue weighted by molar-refractivity contribution is 0.584. The van der Waals surface area contributed by atoms with Crippen LogP contribution in [0, 0.1) is 18.3 Å². The van der Waals surface area contributed by atoms with Crippen LogP contribution in [0.25, 0.3) is 0 Å². The van der Waals surface area contributed by atoms with E-state index in [2.05, 4.69) is 16.2 Å². The summed E-state index contributed by atoms with van der Waals surface area (Å²) in [5.74, 6) is 1.91. The number of nitrogens with zero attached hydrogens (tertiary/aromatic N) is 1. The molecule has 0 aromatic carbocycles. The Kier molecular flexibility index (Phi) is 2.45. The number of nitrogens with one attached hydrogen (secondary N) is 1. The fourth-order valence-electron chi connectivity index (χ4n) is 0.633. The first-order valence-electron chi connectivity index (χ1n) is 3.12. The molecule has 0 aliphatic rings. The monoisotopic (exact) mass is 150 g/mol. The number of hydrogen-bond acceptors (Lipinski definition) is 2. The smallest absolute Gasteiger partial charge is 0.212 e. The largest absolute Gasteiger partial charge is 0.373 e. The number of aromatic nitrogens is 1. The third kappa shape index (κ3) is 2.26. The van der Waals surface area contributed by atoms with Crippen LogP contribution in [0.4, 0.5) is 10.1 Å². The molecule has 0 unspecified atom stereocenters. The first-order chi connectivity index (χ1) is 5.33. The zero-order chi connectivity index (χ0) is 8.10. The van der Waals surface area contributed by atoms with Crippen LogP contribution in [0.15, 0.2) is 18.3 Å². The summed E-state index contributed by atoms with van der Waals surface area (Å²) in [6.45, 7) is 0.424. The molecule has 56 valence electrons. The van der Waals surface area contributed by atoms with Gasteiger partial charge in [0, 0.05) is 0 Å². The molecular formula is C8H7FN2. The van der Waals surface area contributed by atoms with Gasteiger partial charge in [-0.1, -0.05) is 5.92 Å².